The Bertz CT molecular complexity index is 916. The molecule has 4 rings (SSSR count). The molecule has 0 radical (unpaired) electrons. The predicted octanol–water partition coefficient (Wildman–Crippen LogP) is 2.83. The van der Waals surface area contributed by atoms with Gasteiger partial charge in [-0.3, -0.25) is 0 Å². The molecule has 0 saturated heterocycles. The fourth-order valence-corrected chi connectivity index (χ4v) is 3.41. The number of phenols is 1. The van der Waals surface area contributed by atoms with Gasteiger partial charge in [0.1, 0.15) is 5.82 Å². The molecule has 1 fully saturated rings. The number of fused-ring (bicyclic) bond motifs is 1. The number of aromatic nitrogens is 3. The smallest absolute Gasteiger partial charge is 0.161 e. The molecule has 2 heterocycles. The molecular weight excluding hydrogens is 332 g/mol. The van der Waals surface area contributed by atoms with Crippen LogP contribution >= 0.6 is 0 Å². The Labute approximate surface area is 151 Å². The van der Waals surface area contributed by atoms with E-state index in [2.05, 4.69) is 15.4 Å². The minimum Gasteiger partial charge on any atom is -0.504 e. The van der Waals surface area contributed by atoms with Gasteiger partial charge in [0.15, 0.2) is 17.1 Å². The molecule has 1 saturated carbocycles. The summed E-state index contributed by atoms with van der Waals surface area (Å²) in [6, 6.07) is 9.35. The van der Waals surface area contributed by atoms with E-state index in [4.69, 9.17) is 4.74 Å². The monoisotopic (exact) mass is 354 g/mol. The molecule has 136 valence electrons. The zero-order valence-electron chi connectivity index (χ0n) is 14.6. The molecule has 7 nitrogen and oxygen atoms in total. The number of aliphatic hydroxyl groups is 1. The van der Waals surface area contributed by atoms with Gasteiger partial charge in [0.05, 0.1) is 25.1 Å². The van der Waals surface area contributed by atoms with Crippen molar-refractivity contribution >= 4 is 11.5 Å². The summed E-state index contributed by atoms with van der Waals surface area (Å²) in [6.07, 6.45) is 5.11. The second-order valence-electron chi connectivity index (χ2n) is 6.67. The van der Waals surface area contributed by atoms with Crippen molar-refractivity contribution < 1.29 is 14.9 Å². The lowest BCUT2D eigenvalue weighted by molar-refractivity contribution is 0.126. The number of aromatic hydroxyl groups is 1. The molecule has 3 aromatic rings. The van der Waals surface area contributed by atoms with Crippen molar-refractivity contribution in [2.75, 3.05) is 12.4 Å². The molecule has 1 aliphatic carbocycles. The van der Waals surface area contributed by atoms with Crippen LogP contribution < -0.4 is 10.1 Å². The van der Waals surface area contributed by atoms with E-state index < -0.39 is 0 Å². The maximum absolute atomic E-state index is 9.80. The van der Waals surface area contributed by atoms with Crippen molar-refractivity contribution in [1.82, 2.24) is 14.6 Å². The van der Waals surface area contributed by atoms with E-state index in [0.29, 0.717) is 11.8 Å². The van der Waals surface area contributed by atoms with Crippen LogP contribution in [-0.2, 0) is 0 Å². The van der Waals surface area contributed by atoms with Crippen molar-refractivity contribution in [3.8, 4) is 22.8 Å². The van der Waals surface area contributed by atoms with E-state index in [0.717, 1.165) is 48.4 Å². The first kappa shape index (κ1) is 16.7. The molecule has 0 spiro atoms. The van der Waals surface area contributed by atoms with Crippen molar-refractivity contribution in [3.05, 3.63) is 36.5 Å². The number of nitrogens with one attached hydrogen (secondary N) is 1. The van der Waals surface area contributed by atoms with E-state index in [9.17, 15) is 10.2 Å². The first-order chi connectivity index (χ1) is 12.6. The van der Waals surface area contributed by atoms with Gasteiger partial charge < -0.3 is 20.3 Å². The first-order valence-corrected chi connectivity index (χ1v) is 8.81. The van der Waals surface area contributed by atoms with E-state index in [1.165, 1.54) is 7.11 Å². The highest BCUT2D eigenvalue weighted by Gasteiger charge is 2.20. The van der Waals surface area contributed by atoms with Crippen molar-refractivity contribution in [2.24, 2.45) is 0 Å². The van der Waals surface area contributed by atoms with Crippen molar-refractivity contribution in [2.45, 2.75) is 37.8 Å². The van der Waals surface area contributed by atoms with Crippen molar-refractivity contribution in [1.29, 1.82) is 0 Å². The Morgan fingerprint density at radius 3 is 2.73 bits per heavy atom. The van der Waals surface area contributed by atoms with Crippen LogP contribution in [0.2, 0.25) is 0 Å². The van der Waals surface area contributed by atoms with Gasteiger partial charge in [-0.15, -0.1) is 5.10 Å². The van der Waals surface area contributed by atoms with E-state index in [1.54, 1.807) is 22.8 Å². The summed E-state index contributed by atoms with van der Waals surface area (Å²) in [5.41, 5.74) is 2.43. The Morgan fingerprint density at radius 2 is 1.96 bits per heavy atom. The number of aliphatic hydroxyl groups excluding tert-OH is 1. The molecule has 7 heteroatoms. The highest BCUT2D eigenvalue weighted by molar-refractivity contribution is 5.67. The van der Waals surface area contributed by atoms with E-state index >= 15 is 0 Å². The molecule has 3 N–H and O–H groups in total. The number of ether oxygens (including phenoxy) is 1. The van der Waals surface area contributed by atoms with Gasteiger partial charge in [-0.2, -0.15) is 0 Å². The third-order valence-corrected chi connectivity index (χ3v) is 4.89. The number of imidazole rings is 1. The summed E-state index contributed by atoms with van der Waals surface area (Å²) in [5, 5.41) is 27.6. The molecule has 0 unspecified atom stereocenters. The van der Waals surface area contributed by atoms with Crippen LogP contribution in [0.4, 0.5) is 5.82 Å². The fraction of sp³-hybridized carbons (Fsp3) is 0.368. The van der Waals surface area contributed by atoms with Gasteiger partial charge >= 0.3 is 0 Å². The van der Waals surface area contributed by atoms with Crippen LogP contribution in [0.5, 0.6) is 11.5 Å². The summed E-state index contributed by atoms with van der Waals surface area (Å²) in [6.45, 7) is 0. The van der Waals surface area contributed by atoms with Crippen LogP contribution in [0.15, 0.2) is 36.5 Å². The number of phenolic OH excluding ortho intramolecular Hbond substituents is 1. The minimum absolute atomic E-state index is 0.0971. The normalized spacial score (nSPS) is 20.2. The third kappa shape index (κ3) is 3.17. The molecule has 1 aromatic carbocycles. The van der Waals surface area contributed by atoms with Gasteiger partial charge in [0.25, 0.3) is 0 Å². The number of benzene rings is 1. The lowest BCUT2D eigenvalue weighted by Crippen LogP contribution is -2.28. The lowest BCUT2D eigenvalue weighted by atomic mass is 9.93. The summed E-state index contributed by atoms with van der Waals surface area (Å²) in [7, 11) is 1.52. The third-order valence-electron chi connectivity index (χ3n) is 4.89. The van der Waals surface area contributed by atoms with E-state index in [1.807, 2.05) is 18.2 Å². The molecule has 0 atom stereocenters. The Morgan fingerprint density at radius 1 is 1.15 bits per heavy atom. The van der Waals surface area contributed by atoms with Gasteiger partial charge in [0.2, 0.25) is 0 Å². The zero-order chi connectivity index (χ0) is 18.1. The lowest BCUT2D eigenvalue weighted by Gasteiger charge is -2.26. The topological polar surface area (TPSA) is 91.9 Å². The summed E-state index contributed by atoms with van der Waals surface area (Å²) >= 11 is 0. The number of nitrogens with zero attached hydrogens (tertiary/aromatic N) is 3. The fourth-order valence-electron chi connectivity index (χ4n) is 3.41. The minimum atomic E-state index is -0.173. The molecule has 0 bridgehead atoms. The standard InChI is InChI=1S/C19H22N4O3/c1-26-17-10-12(2-7-16(17)25)15-11-20-19-9-8-18(22-23(15)19)21-13-3-5-14(24)6-4-13/h2,7-11,13-14,24-25H,3-6H2,1H3,(H,21,22)/t13-,14-. The molecule has 26 heavy (non-hydrogen) atoms. The first-order valence-electron chi connectivity index (χ1n) is 8.81. The second kappa shape index (κ2) is 6.84. The maximum atomic E-state index is 9.80. The summed E-state index contributed by atoms with van der Waals surface area (Å²) in [4.78, 5) is 4.41. The molecular formula is C19H22N4O3. The van der Waals surface area contributed by atoms with Crippen LogP contribution in [0, 0.1) is 0 Å². The largest absolute Gasteiger partial charge is 0.504 e. The molecule has 2 aromatic heterocycles. The van der Waals surface area contributed by atoms with Crippen LogP contribution in [0.1, 0.15) is 25.7 Å². The van der Waals surface area contributed by atoms with Gasteiger partial charge in [-0.05, 0) is 56.0 Å². The molecule has 0 amide bonds. The van der Waals surface area contributed by atoms with Crippen LogP contribution in [-0.4, -0.2) is 44.1 Å². The van der Waals surface area contributed by atoms with Crippen LogP contribution in [0.25, 0.3) is 16.9 Å². The van der Waals surface area contributed by atoms with Gasteiger partial charge in [0, 0.05) is 11.6 Å². The highest BCUT2D eigenvalue weighted by atomic mass is 16.5. The summed E-state index contributed by atoms with van der Waals surface area (Å²) in [5.74, 6) is 1.29. The molecule has 1 aliphatic rings. The second-order valence-corrected chi connectivity index (χ2v) is 6.67. The number of anilines is 1. The SMILES string of the molecule is COc1cc(-c2cnc3ccc(N[C@H]4CC[C@H](O)CC4)nn23)ccc1O. The Balaban J connectivity index is 1.64. The zero-order valence-corrected chi connectivity index (χ0v) is 14.6. The highest BCUT2D eigenvalue weighted by Crippen LogP contribution is 2.31. The number of hydrogen-bond donors (Lipinski definition) is 3. The average molecular weight is 354 g/mol. The van der Waals surface area contributed by atoms with Gasteiger partial charge in [-0.1, -0.05) is 0 Å². The molecule has 0 aliphatic heterocycles. The Kier molecular flexibility index (Phi) is 4.38. The maximum Gasteiger partial charge on any atom is 0.161 e. The average Bonchev–Trinajstić information content (AvgIpc) is 3.07. The number of rotatable bonds is 4. The van der Waals surface area contributed by atoms with E-state index in [-0.39, 0.29) is 11.9 Å². The number of methoxy groups -OCH3 is 1. The summed E-state index contributed by atoms with van der Waals surface area (Å²) < 4.78 is 6.98. The predicted molar refractivity (Wildman–Crippen MR) is 98.5 cm³/mol. The number of hydrogen-bond acceptors (Lipinski definition) is 6. The van der Waals surface area contributed by atoms with Gasteiger partial charge in [-0.25, -0.2) is 9.50 Å². The van der Waals surface area contributed by atoms with Crippen LogP contribution in [0.3, 0.4) is 0 Å². The Hall–Kier alpha value is -2.80. The van der Waals surface area contributed by atoms with Crippen molar-refractivity contribution in [3.63, 3.8) is 0 Å². The quantitative estimate of drug-likeness (QED) is 0.667.